The molecule has 0 saturated carbocycles. The van der Waals surface area contributed by atoms with E-state index >= 15 is 0 Å². The van der Waals surface area contributed by atoms with Gasteiger partial charge in [0.25, 0.3) is 0 Å². The Morgan fingerprint density at radius 3 is 2.39 bits per heavy atom. The molecule has 18 heavy (non-hydrogen) atoms. The Labute approximate surface area is 110 Å². The summed E-state index contributed by atoms with van der Waals surface area (Å²) >= 11 is 5.76. The van der Waals surface area contributed by atoms with Crippen molar-refractivity contribution in [2.75, 3.05) is 11.9 Å². The van der Waals surface area contributed by atoms with Crippen LogP contribution in [-0.4, -0.2) is 12.5 Å². The first-order valence-electron chi connectivity index (χ1n) is 5.49. The molecule has 0 radical (unpaired) electrons. The van der Waals surface area contributed by atoms with Gasteiger partial charge in [0.05, 0.1) is 0 Å². The lowest BCUT2D eigenvalue weighted by atomic mass is 10.3. The molecule has 2 aromatic carbocycles. The van der Waals surface area contributed by atoms with Crippen LogP contribution in [0.2, 0.25) is 5.02 Å². The monoisotopic (exact) mass is 261 g/mol. The predicted molar refractivity (Wildman–Crippen MR) is 72.0 cm³/mol. The van der Waals surface area contributed by atoms with Crippen LogP contribution in [0.15, 0.2) is 54.6 Å². The molecule has 0 fully saturated rings. The molecule has 4 heteroatoms. The predicted octanol–water partition coefficient (Wildman–Crippen LogP) is 3.36. The standard InChI is InChI=1S/C14H12ClNO2/c15-11-6-8-12(9-7-11)16-10-14(17)18-13-4-2-1-3-5-13/h1-9,16H,10H2. The third-order valence-electron chi connectivity index (χ3n) is 2.26. The van der Waals surface area contributed by atoms with E-state index in [0.717, 1.165) is 5.69 Å². The number of hydrogen-bond donors (Lipinski definition) is 1. The van der Waals surface area contributed by atoms with Crippen LogP contribution in [-0.2, 0) is 4.79 Å². The van der Waals surface area contributed by atoms with E-state index in [1.807, 2.05) is 18.2 Å². The first-order valence-corrected chi connectivity index (χ1v) is 5.87. The molecule has 2 rings (SSSR count). The highest BCUT2D eigenvalue weighted by molar-refractivity contribution is 6.30. The molecule has 2 aromatic rings. The minimum atomic E-state index is -0.337. The van der Waals surface area contributed by atoms with Crippen molar-refractivity contribution in [1.82, 2.24) is 0 Å². The summed E-state index contributed by atoms with van der Waals surface area (Å²) in [5.74, 6) is 0.205. The molecule has 0 unspecified atom stereocenters. The Morgan fingerprint density at radius 2 is 1.72 bits per heavy atom. The number of carbonyl (C=O) groups excluding carboxylic acids is 1. The number of nitrogens with one attached hydrogen (secondary N) is 1. The van der Waals surface area contributed by atoms with Crippen molar-refractivity contribution in [3.05, 3.63) is 59.6 Å². The fourth-order valence-corrected chi connectivity index (χ4v) is 1.52. The summed E-state index contributed by atoms with van der Waals surface area (Å²) in [5, 5.41) is 3.62. The number of esters is 1. The van der Waals surface area contributed by atoms with Gasteiger partial charge in [0, 0.05) is 10.7 Å². The third-order valence-corrected chi connectivity index (χ3v) is 2.51. The van der Waals surface area contributed by atoms with Crippen molar-refractivity contribution in [3.8, 4) is 5.75 Å². The summed E-state index contributed by atoms with van der Waals surface area (Å²) in [6, 6.07) is 16.1. The van der Waals surface area contributed by atoms with Crippen LogP contribution >= 0.6 is 11.6 Å². The van der Waals surface area contributed by atoms with Crippen LogP contribution < -0.4 is 10.1 Å². The molecule has 0 amide bonds. The zero-order chi connectivity index (χ0) is 12.8. The smallest absolute Gasteiger partial charge is 0.330 e. The van der Waals surface area contributed by atoms with Gasteiger partial charge in [0.15, 0.2) is 0 Å². The van der Waals surface area contributed by atoms with Crippen molar-refractivity contribution >= 4 is 23.3 Å². The number of hydrogen-bond acceptors (Lipinski definition) is 3. The number of para-hydroxylation sites is 1. The van der Waals surface area contributed by atoms with Crippen molar-refractivity contribution in [1.29, 1.82) is 0 Å². The molecule has 0 aliphatic heterocycles. The number of ether oxygens (including phenoxy) is 1. The highest BCUT2D eigenvalue weighted by Crippen LogP contribution is 2.13. The molecule has 0 saturated heterocycles. The zero-order valence-corrected chi connectivity index (χ0v) is 10.4. The van der Waals surface area contributed by atoms with E-state index in [2.05, 4.69) is 5.32 Å². The molecule has 3 nitrogen and oxygen atoms in total. The maximum atomic E-state index is 11.5. The molecule has 0 aromatic heterocycles. The normalized spacial score (nSPS) is 9.83. The van der Waals surface area contributed by atoms with Gasteiger partial charge in [-0.1, -0.05) is 29.8 Å². The highest BCUT2D eigenvalue weighted by atomic mass is 35.5. The Balaban J connectivity index is 1.83. The molecular weight excluding hydrogens is 250 g/mol. The fraction of sp³-hybridized carbons (Fsp3) is 0.0714. The summed E-state index contributed by atoms with van der Waals surface area (Å²) in [4.78, 5) is 11.5. The van der Waals surface area contributed by atoms with Gasteiger partial charge in [-0.2, -0.15) is 0 Å². The van der Waals surface area contributed by atoms with E-state index in [1.165, 1.54) is 0 Å². The van der Waals surface area contributed by atoms with Crippen LogP contribution in [0.5, 0.6) is 5.75 Å². The van der Waals surface area contributed by atoms with Gasteiger partial charge in [-0.05, 0) is 36.4 Å². The Bertz CT molecular complexity index is 511. The van der Waals surface area contributed by atoms with Crippen LogP contribution in [0.4, 0.5) is 5.69 Å². The topological polar surface area (TPSA) is 38.3 Å². The van der Waals surface area contributed by atoms with E-state index < -0.39 is 0 Å². The Kier molecular flexibility index (Phi) is 4.20. The first-order chi connectivity index (χ1) is 8.74. The third kappa shape index (κ3) is 3.79. The fourth-order valence-electron chi connectivity index (χ4n) is 1.40. The quantitative estimate of drug-likeness (QED) is 0.677. The number of carbonyl (C=O) groups is 1. The number of rotatable bonds is 4. The average Bonchev–Trinajstić information content (AvgIpc) is 2.39. The zero-order valence-electron chi connectivity index (χ0n) is 9.60. The van der Waals surface area contributed by atoms with Gasteiger partial charge in [-0.3, -0.25) is 0 Å². The SMILES string of the molecule is O=C(CNc1ccc(Cl)cc1)Oc1ccccc1. The average molecular weight is 262 g/mol. The van der Waals surface area contributed by atoms with Crippen molar-refractivity contribution in [2.24, 2.45) is 0 Å². The molecule has 0 aliphatic carbocycles. The number of benzene rings is 2. The second-order valence-corrected chi connectivity index (χ2v) is 4.08. The lowest BCUT2D eigenvalue weighted by molar-refractivity contribution is -0.132. The molecule has 92 valence electrons. The Hall–Kier alpha value is -2.00. The van der Waals surface area contributed by atoms with Gasteiger partial charge < -0.3 is 10.1 Å². The van der Waals surface area contributed by atoms with Crippen molar-refractivity contribution in [2.45, 2.75) is 0 Å². The van der Waals surface area contributed by atoms with E-state index in [4.69, 9.17) is 16.3 Å². The van der Waals surface area contributed by atoms with Crippen molar-refractivity contribution < 1.29 is 9.53 Å². The highest BCUT2D eigenvalue weighted by Gasteiger charge is 2.03. The summed E-state index contributed by atoms with van der Waals surface area (Å²) < 4.78 is 5.13. The molecule has 0 bridgehead atoms. The van der Waals surface area contributed by atoms with Crippen LogP contribution in [0.3, 0.4) is 0 Å². The molecule has 0 atom stereocenters. The molecule has 0 heterocycles. The van der Waals surface area contributed by atoms with Crippen LogP contribution in [0, 0.1) is 0 Å². The molecule has 0 aliphatic rings. The second kappa shape index (κ2) is 6.07. The maximum Gasteiger partial charge on any atom is 0.330 e. The lowest BCUT2D eigenvalue weighted by Crippen LogP contribution is -2.19. The summed E-state index contributed by atoms with van der Waals surface area (Å²) in [5.41, 5.74) is 0.824. The second-order valence-electron chi connectivity index (χ2n) is 3.65. The van der Waals surface area contributed by atoms with E-state index in [9.17, 15) is 4.79 Å². The largest absolute Gasteiger partial charge is 0.425 e. The molecule has 0 spiro atoms. The summed E-state index contributed by atoms with van der Waals surface area (Å²) in [6.45, 7) is 0.108. The molecular formula is C14H12ClNO2. The number of anilines is 1. The number of halogens is 1. The lowest BCUT2D eigenvalue weighted by Gasteiger charge is -2.06. The van der Waals surface area contributed by atoms with Gasteiger partial charge in [0.1, 0.15) is 12.3 Å². The van der Waals surface area contributed by atoms with Gasteiger partial charge >= 0.3 is 5.97 Å². The maximum absolute atomic E-state index is 11.5. The van der Waals surface area contributed by atoms with Gasteiger partial charge in [-0.15, -0.1) is 0 Å². The van der Waals surface area contributed by atoms with Crippen LogP contribution in [0.1, 0.15) is 0 Å². The van der Waals surface area contributed by atoms with Crippen LogP contribution in [0.25, 0.3) is 0 Å². The first kappa shape index (κ1) is 12.5. The minimum absolute atomic E-state index is 0.108. The Morgan fingerprint density at radius 1 is 1.06 bits per heavy atom. The summed E-state index contributed by atoms with van der Waals surface area (Å²) in [6.07, 6.45) is 0. The molecule has 1 N–H and O–H groups in total. The van der Waals surface area contributed by atoms with E-state index in [1.54, 1.807) is 36.4 Å². The van der Waals surface area contributed by atoms with E-state index in [-0.39, 0.29) is 12.5 Å². The summed E-state index contributed by atoms with van der Waals surface area (Å²) in [7, 11) is 0. The van der Waals surface area contributed by atoms with Gasteiger partial charge in [-0.25, -0.2) is 4.79 Å². The van der Waals surface area contributed by atoms with E-state index in [0.29, 0.717) is 10.8 Å². The van der Waals surface area contributed by atoms with Crippen molar-refractivity contribution in [3.63, 3.8) is 0 Å². The van der Waals surface area contributed by atoms with Gasteiger partial charge in [0.2, 0.25) is 0 Å². The minimum Gasteiger partial charge on any atom is -0.425 e.